The molecule has 4 heterocycles. The lowest BCUT2D eigenvalue weighted by Gasteiger charge is -2.48. The molecule has 0 saturated carbocycles. The van der Waals surface area contributed by atoms with Crippen molar-refractivity contribution in [2.45, 2.75) is 68.8 Å². The van der Waals surface area contributed by atoms with Crippen molar-refractivity contribution in [3.8, 4) is 11.5 Å². The zero-order chi connectivity index (χ0) is 54.1. The van der Waals surface area contributed by atoms with Crippen molar-refractivity contribution in [1.82, 2.24) is 25.0 Å². The van der Waals surface area contributed by atoms with Gasteiger partial charge >= 0.3 is 5.97 Å². The molecule has 15 nitrogen and oxygen atoms in total. The maximum atomic E-state index is 14.0. The number of hydrogen-bond acceptors (Lipinski definition) is 13. The summed E-state index contributed by atoms with van der Waals surface area (Å²) >= 11 is 0. The zero-order valence-corrected chi connectivity index (χ0v) is 43.8. The lowest BCUT2D eigenvalue weighted by molar-refractivity contribution is -0.164. The number of pyridine rings is 1. The fourth-order valence-electron chi connectivity index (χ4n) is 11.1. The molecular weight excluding hydrogens is 987 g/mol. The van der Waals surface area contributed by atoms with E-state index in [1.54, 1.807) is 60.7 Å². The topological polar surface area (TPSA) is 197 Å². The Kier molecular flexibility index (Phi) is 17.1. The van der Waals surface area contributed by atoms with Crippen LogP contribution in [0.2, 0.25) is 0 Å². The summed E-state index contributed by atoms with van der Waals surface area (Å²) in [6, 6.07) is 47.6. The molecule has 6 aromatic carbocycles. The van der Waals surface area contributed by atoms with Gasteiger partial charge in [-0.1, -0.05) is 115 Å². The number of hydrogen-bond donors (Lipinski definition) is 6. The van der Waals surface area contributed by atoms with Gasteiger partial charge in [0.1, 0.15) is 24.3 Å². The number of fused-ring (bicyclic) bond motifs is 1. The first-order valence-corrected chi connectivity index (χ1v) is 27.1. The number of aliphatic hydroxyl groups excluding tert-OH is 2. The highest BCUT2D eigenvalue weighted by Gasteiger charge is 2.44. The van der Waals surface area contributed by atoms with Crippen molar-refractivity contribution >= 4 is 22.8 Å². The first kappa shape index (κ1) is 54.2. The average molecular weight is 1060 g/mol. The SMILES string of the molecule is O=C(c1ccc(COc2cccc(C(O)(C(=O)OCC3CCN(Cc4ccccc4)CC3)c3ccccc3)c2)cc1)N1CCOC2(CCN(C(O)c3ccc(CCNC[C@H](O)c4ccc(O)c5[nH]c(=O)ccc45)cc3)CC2)C1. The van der Waals surface area contributed by atoms with Crippen molar-refractivity contribution in [2.24, 2.45) is 5.92 Å². The molecule has 3 aliphatic rings. The predicted molar refractivity (Wildman–Crippen MR) is 297 cm³/mol. The second-order valence-electron chi connectivity index (χ2n) is 21.1. The van der Waals surface area contributed by atoms with Crippen LogP contribution in [-0.4, -0.2) is 123 Å². The monoisotopic (exact) mass is 1060 g/mol. The molecule has 406 valence electrons. The minimum atomic E-state index is -2.06. The number of esters is 1. The number of aromatic hydroxyl groups is 1. The summed E-state index contributed by atoms with van der Waals surface area (Å²) in [7, 11) is 0. The zero-order valence-electron chi connectivity index (χ0n) is 43.8. The van der Waals surface area contributed by atoms with Gasteiger partial charge in [-0.25, -0.2) is 4.79 Å². The van der Waals surface area contributed by atoms with E-state index in [0.29, 0.717) is 97.5 Å². The van der Waals surface area contributed by atoms with E-state index in [-0.39, 0.29) is 42.9 Å². The summed E-state index contributed by atoms with van der Waals surface area (Å²) in [5, 5.41) is 48.7. The van der Waals surface area contributed by atoms with Crippen molar-refractivity contribution in [2.75, 3.05) is 65.6 Å². The first-order chi connectivity index (χ1) is 37.9. The van der Waals surface area contributed by atoms with E-state index in [9.17, 15) is 34.8 Å². The molecule has 0 aliphatic carbocycles. The molecule has 3 atom stereocenters. The van der Waals surface area contributed by atoms with Crippen LogP contribution in [0.4, 0.5) is 0 Å². The van der Waals surface area contributed by atoms with Gasteiger partial charge in [0.15, 0.2) is 0 Å². The largest absolute Gasteiger partial charge is 0.506 e. The number of benzene rings is 6. The van der Waals surface area contributed by atoms with E-state index in [2.05, 4.69) is 39.5 Å². The Morgan fingerprint density at radius 2 is 1.47 bits per heavy atom. The average Bonchev–Trinajstić information content (AvgIpc) is 3.48. The number of phenols is 1. The number of carbonyl (C=O) groups excluding carboxylic acids is 2. The Hall–Kier alpha value is -7.21. The standard InChI is InChI=1S/C63H69N5O10/c69-55-24-22-53(54-23-25-57(71)65-58(54)55)56(70)39-64-31-26-44-14-18-48(19-15-44)59(72)67-34-29-62(30-35-67)43-68(36-37-78-62)60(73)49-20-16-46(17-21-49)41-76-52-13-7-12-51(38-52)63(75,50-10-5-2-6-11-50)61(74)77-42-47-27-32-66(33-28-47)40-45-8-3-1-4-9-45/h1-25,38,47,56,59,64,69-70,72,75H,26-37,39-43H2,(H,65,71)/t56-,59?,63?/m0/s1. The summed E-state index contributed by atoms with van der Waals surface area (Å²) in [6.45, 7) is 6.61. The second-order valence-corrected chi connectivity index (χ2v) is 21.1. The Morgan fingerprint density at radius 3 is 2.22 bits per heavy atom. The van der Waals surface area contributed by atoms with Gasteiger partial charge in [0, 0.05) is 55.3 Å². The number of rotatable bonds is 19. The van der Waals surface area contributed by atoms with Crippen LogP contribution < -0.4 is 15.6 Å². The number of aliphatic hydroxyl groups is 3. The quantitative estimate of drug-likeness (QED) is 0.0347. The van der Waals surface area contributed by atoms with Gasteiger partial charge in [-0.15, -0.1) is 0 Å². The number of piperidine rings is 2. The number of aromatic amines is 1. The molecule has 78 heavy (non-hydrogen) atoms. The lowest BCUT2D eigenvalue weighted by atomic mass is 9.86. The molecule has 3 aliphatic heterocycles. The number of ether oxygens (including phenoxy) is 3. The summed E-state index contributed by atoms with van der Waals surface area (Å²) in [4.78, 5) is 48.7. The lowest BCUT2D eigenvalue weighted by Crippen LogP contribution is -2.58. The number of phenolic OH excluding ortho intramolecular Hbond substituents is 1. The Balaban J connectivity index is 0.675. The molecule has 3 fully saturated rings. The normalized spacial score (nSPS) is 17.8. The molecule has 3 saturated heterocycles. The Bertz CT molecular complexity index is 3180. The van der Waals surface area contributed by atoms with E-state index >= 15 is 0 Å². The highest BCUT2D eigenvalue weighted by molar-refractivity contribution is 5.94. The Labute approximate surface area is 454 Å². The number of morpholine rings is 1. The number of H-pyrrole nitrogens is 1. The third kappa shape index (κ3) is 12.7. The molecule has 15 heteroatoms. The summed E-state index contributed by atoms with van der Waals surface area (Å²) < 4.78 is 18.6. The van der Waals surface area contributed by atoms with Crippen LogP contribution in [0.25, 0.3) is 10.9 Å². The molecule has 10 rings (SSSR count). The van der Waals surface area contributed by atoms with Crippen LogP contribution in [0.15, 0.2) is 163 Å². The van der Waals surface area contributed by atoms with Crippen molar-refractivity contribution in [3.05, 3.63) is 213 Å². The number of carbonyl (C=O) groups is 2. The smallest absolute Gasteiger partial charge is 0.347 e. The maximum Gasteiger partial charge on any atom is 0.347 e. The van der Waals surface area contributed by atoms with Gasteiger partial charge in [-0.05, 0) is 127 Å². The summed E-state index contributed by atoms with van der Waals surface area (Å²) in [6.07, 6.45) is 2.20. The fourth-order valence-corrected chi connectivity index (χ4v) is 11.1. The van der Waals surface area contributed by atoms with Crippen LogP contribution in [0, 0.1) is 5.92 Å². The second kappa shape index (κ2) is 24.6. The van der Waals surface area contributed by atoms with E-state index in [1.807, 2.05) is 70.5 Å². The van der Waals surface area contributed by atoms with E-state index in [4.69, 9.17) is 14.2 Å². The van der Waals surface area contributed by atoms with Gasteiger partial charge in [0.2, 0.25) is 11.2 Å². The van der Waals surface area contributed by atoms with Gasteiger partial charge < -0.3 is 49.8 Å². The Morgan fingerprint density at radius 1 is 0.769 bits per heavy atom. The molecule has 7 aromatic rings. The molecule has 1 aromatic heterocycles. The van der Waals surface area contributed by atoms with Crippen molar-refractivity contribution in [1.29, 1.82) is 0 Å². The van der Waals surface area contributed by atoms with Crippen LogP contribution in [0.3, 0.4) is 0 Å². The number of aromatic nitrogens is 1. The number of likely N-dealkylation sites (tertiary alicyclic amines) is 2. The van der Waals surface area contributed by atoms with Crippen LogP contribution in [0.5, 0.6) is 11.5 Å². The number of nitrogens with one attached hydrogen (secondary N) is 2. The van der Waals surface area contributed by atoms with Crippen LogP contribution >= 0.6 is 0 Å². The van der Waals surface area contributed by atoms with Crippen LogP contribution in [0.1, 0.15) is 87.3 Å². The third-order valence-electron chi connectivity index (χ3n) is 15.8. The predicted octanol–water partition coefficient (Wildman–Crippen LogP) is 7.37. The minimum absolute atomic E-state index is 0.0512. The van der Waals surface area contributed by atoms with E-state index < -0.39 is 29.5 Å². The first-order valence-electron chi connectivity index (χ1n) is 27.1. The molecule has 1 spiro atoms. The van der Waals surface area contributed by atoms with Gasteiger partial charge in [-0.3, -0.25) is 19.4 Å². The molecule has 0 bridgehead atoms. The number of nitrogens with zero attached hydrogens (tertiary/aromatic N) is 3. The molecule has 2 unspecified atom stereocenters. The molecule has 1 amide bonds. The minimum Gasteiger partial charge on any atom is -0.506 e. The van der Waals surface area contributed by atoms with E-state index in [0.717, 1.165) is 49.2 Å². The van der Waals surface area contributed by atoms with Crippen molar-refractivity contribution < 1.29 is 44.2 Å². The molecular formula is C63H69N5O10. The van der Waals surface area contributed by atoms with Gasteiger partial charge in [-0.2, -0.15) is 0 Å². The third-order valence-corrected chi connectivity index (χ3v) is 15.8. The maximum absolute atomic E-state index is 14.0. The molecule has 6 N–H and O–H groups in total. The van der Waals surface area contributed by atoms with E-state index in [1.165, 1.54) is 17.7 Å². The number of amides is 1. The van der Waals surface area contributed by atoms with Gasteiger partial charge in [0.05, 0.1) is 37.0 Å². The summed E-state index contributed by atoms with van der Waals surface area (Å²) in [5.41, 5.74) is 3.32. The highest BCUT2D eigenvalue weighted by atomic mass is 16.6. The highest BCUT2D eigenvalue weighted by Crippen LogP contribution is 2.36. The van der Waals surface area contributed by atoms with Crippen molar-refractivity contribution in [3.63, 3.8) is 0 Å². The van der Waals surface area contributed by atoms with Gasteiger partial charge in [0.25, 0.3) is 5.91 Å². The van der Waals surface area contributed by atoms with Crippen LogP contribution in [-0.2, 0) is 39.4 Å². The molecule has 0 radical (unpaired) electrons. The summed E-state index contributed by atoms with van der Waals surface area (Å²) in [5.74, 6) is -0.186. The fraction of sp³-hybridized carbons (Fsp3) is 0.349.